The zero-order valence-electron chi connectivity index (χ0n) is 37.9. The SMILES string of the molecule is CCOP(=O)(OCC)C(CCc1nnn(COCC[Si](C)(C)C)n1)(COC)OC[C@H]1O[C@@H](n2ncc3c(N(C(=O)OC(C)(C)C)C4CCC4)nc(C=O)nc32)[C@@H]2OC(C)(C)O[C@@H]21. The lowest BCUT2D eigenvalue weighted by Gasteiger charge is -2.39. The number of rotatable bonds is 22. The fourth-order valence-corrected chi connectivity index (χ4v) is 10.4. The molecule has 3 aromatic rings. The molecular weight excluding hydrogens is 846 g/mol. The number of tetrazole rings is 1. The van der Waals surface area contributed by atoms with Crippen LogP contribution in [0.1, 0.15) is 96.8 Å². The smallest absolute Gasteiger partial charge is 0.416 e. The van der Waals surface area contributed by atoms with Crippen molar-refractivity contribution in [3.63, 3.8) is 0 Å². The Balaban J connectivity index is 1.29. The number of hydrogen-bond acceptors (Lipinski definition) is 18. The van der Waals surface area contributed by atoms with Crippen LogP contribution in [0.5, 0.6) is 0 Å². The van der Waals surface area contributed by atoms with Gasteiger partial charge in [0.2, 0.25) is 0 Å². The molecule has 5 atom stereocenters. The lowest BCUT2D eigenvalue weighted by atomic mass is 9.91. The highest BCUT2D eigenvalue weighted by Gasteiger charge is 2.59. The number of nitrogens with zero attached hydrogens (tertiary/aromatic N) is 9. The van der Waals surface area contributed by atoms with Gasteiger partial charge in [0.05, 0.1) is 38.0 Å². The molecule has 346 valence electrons. The van der Waals surface area contributed by atoms with Crippen LogP contribution < -0.4 is 4.90 Å². The van der Waals surface area contributed by atoms with Crippen molar-refractivity contribution in [1.29, 1.82) is 0 Å². The standard InChI is InChI=1S/C39H64N9O12PSi/c1-12-55-61(51,56-13-2)39(24-52-8,18-17-29-43-45-46(44-29)25-53-19-20-62(9,10)11)54-23-28-31-32(59-38(6,7)58-31)35(57-28)48-34-27(21-40-48)33(41-30(22-49)42-34)47(26-15-14-16-26)36(50)60-37(3,4)5/h21-22,26,28,31-32,35H,12-20,23-25H2,1-11H3/t28-,31-,32-,35-,39?/m1/s1. The summed E-state index contributed by atoms with van der Waals surface area (Å²) in [5.74, 6) is -0.623. The Labute approximate surface area is 363 Å². The third-order valence-electron chi connectivity index (χ3n) is 10.6. The van der Waals surface area contributed by atoms with Gasteiger partial charge in [-0.05, 0) is 85.4 Å². The normalized spacial score (nSPS) is 22.7. The fraction of sp³-hybridized carbons (Fsp3) is 0.795. The summed E-state index contributed by atoms with van der Waals surface area (Å²) < 4.78 is 71.8. The quantitative estimate of drug-likeness (QED) is 0.0494. The Morgan fingerprint density at radius 3 is 2.42 bits per heavy atom. The molecule has 3 aromatic heterocycles. The largest absolute Gasteiger partial charge is 0.443 e. The van der Waals surface area contributed by atoms with Gasteiger partial charge in [-0.1, -0.05) is 19.6 Å². The zero-order chi connectivity index (χ0) is 45.1. The van der Waals surface area contributed by atoms with E-state index in [1.54, 1.807) is 48.5 Å². The number of fused-ring (bicyclic) bond motifs is 2. The minimum atomic E-state index is -4.09. The fourth-order valence-electron chi connectivity index (χ4n) is 7.52. The van der Waals surface area contributed by atoms with Crippen molar-refractivity contribution < 1.29 is 56.4 Å². The van der Waals surface area contributed by atoms with Crippen molar-refractivity contribution >= 4 is 44.9 Å². The Hall–Kier alpha value is -3.31. The molecule has 0 N–H and O–H groups in total. The second-order valence-corrected chi connectivity index (χ2v) is 26.3. The number of amides is 1. The van der Waals surface area contributed by atoms with E-state index in [9.17, 15) is 14.2 Å². The van der Waals surface area contributed by atoms with E-state index in [4.69, 9.17) is 42.2 Å². The number of anilines is 1. The minimum Gasteiger partial charge on any atom is -0.443 e. The number of aryl methyl sites for hydroxylation is 1. The minimum absolute atomic E-state index is 0.0560. The van der Waals surface area contributed by atoms with E-state index < -0.39 is 63.0 Å². The molecule has 2 aliphatic heterocycles. The van der Waals surface area contributed by atoms with Gasteiger partial charge in [-0.2, -0.15) is 5.10 Å². The molecule has 23 heteroatoms. The third kappa shape index (κ3) is 11.0. The van der Waals surface area contributed by atoms with Gasteiger partial charge in [-0.25, -0.2) is 19.4 Å². The number of aldehydes is 1. The lowest BCUT2D eigenvalue weighted by molar-refractivity contribution is -0.207. The van der Waals surface area contributed by atoms with Crippen LogP contribution in [0.3, 0.4) is 0 Å². The van der Waals surface area contributed by atoms with Crippen LogP contribution in [0.4, 0.5) is 10.6 Å². The van der Waals surface area contributed by atoms with E-state index in [0.717, 1.165) is 25.3 Å². The van der Waals surface area contributed by atoms with Crippen molar-refractivity contribution in [2.45, 2.75) is 160 Å². The first kappa shape index (κ1) is 48.1. The first-order chi connectivity index (χ1) is 29.2. The summed E-state index contributed by atoms with van der Waals surface area (Å²) >= 11 is 0. The van der Waals surface area contributed by atoms with Gasteiger partial charge < -0.3 is 42.2 Å². The molecule has 0 bridgehead atoms. The van der Waals surface area contributed by atoms with E-state index in [1.807, 2.05) is 0 Å². The molecule has 6 rings (SSSR count). The second-order valence-electron chi connectivity index (χ2n) is 18.4. The molecule has 0 aromatic carbocycles. The van der Waals surface area contributed by atoms with E-state index >= 15 is 0 Å². The third-order valence-corrected chi connectivity index (χ3v) is 15.0. The predicted molar refractivity (Wildman–Crippen MR) is 226 cm³/mol. The summed E-state index contributed by atoms with van der Waals surface area (Å²) in [7, 11) is -3.89. The van der Waals surface area contributed by atoms with Crippen LogP contribution in [0.2, 0.25) is 25.7 Å². The van der Waals surface area contributed by atoms with Gasteiger partial charge >= 0.3 is 13.7 Å². The Bertz CT molecular complexity index is 2040. The van der Waals surface area contributed by atoms with Crippen molar-refractivity contribution in [2.75, 3.05) is 45.0 Å². The van der Waals surface area contributed by atoms with Crippen molar-refractivity contribution in [2.24, 2.45) is 0 Å². The average Bonchev–Trinajstić information content (AvgIpc) is 3.94. The molecule has 0 radical (unpaired) electrons. The van der Waals surface area contributed by atoms with Gasteiger partial charge in [-0.15, -0.1) is 15.0 Å². The van der Waals surface area contributed by atoms with Gasteiger partial charge in [0, 0.05) is 34.3 Å². The van der Waals surface area contributed by atoms with Crippen LogP contribution in [-0.4, -0.2) is 142 Å². The number of hydrogen-bond donors (Lipinski definition) is 0. The lowest BCUT2D eigenvalue weighted by Crippen LogP contribution is -2.47. The number of methoxy groups -OCH3 is 1. The second kappa shape index (κ2) is 19.4. The highest BCUT2D eigenvalue weighted by molar-refractivity contribution is 7.55. The van der Waals surface area contributed by atoms with Gasteiger partial charge in [0.1, 0.15) is 23.9 Å². The number of aromatic nitrogens is 8. The Morgan fingerprint density at radius 2 is 1.81 bits per heavy atom. The van der Waals surface area contributed by atoms with E-state index in [0.29, 0.717) is 24.1 Å². The van der Waals surface area contributed by atoms with Crippen LogP contribution >= 0.6 is 7.60 Å². The zero-order valence-corrected chi connectivity index (χ0v) is 39.8. The van der Waals surface area contributed by atoms with Crippen LogP contribution in [0, 0.1) is 0 Å². The highest BCUT2D eigenvalue weighted by atomic mass is 31.2. The van der Waals surface area contributed by atoms with Crippen LogP contribution in [-0.2, 0) is 59.9 Å². The first-order valence-corrected chi connectivity index (χ1v) is 26.6. The summed E-state index contributed by atoms with van der Waals surface area (Å²) in [6, 6.07) is 0.811. The molecule has 2 saturated heterocycles. The number of carbonyl (C=O) groups excluding carboxylic acids is 2. The van der Waals surface area contributed by atoms with Gasteiger partial charge in [-0.3, -0.25) is 14.3 Å². The highest BCUT2D eigenvalue weighted by Crippen LogP contribution is 2.63. The van der Waals surface area contributed by atoms with Crippen molar-refractivity contribution in [1.82, 2.24) is 40.0 Å². The number of carbonyl (C=O) groups is 2. The monoisotopic (exact) mass is 909 g/mol. The van der Waals surface area contributed by atoms with Gasteiger partial charge in [0.15, 0.2) is 53.5 Å². The van der Waals surface area contributed by atoms with Crippen molar-refractivity contribution in [3.8, 4) is 0 Å². The molecule has 21 nitrogen and oxygen atoms in total. The maximum absolute atomic E-state index is 14.9. The maximum atomic E-state index is 14.9. The summed E-state index contributed by atoms with van der Waals surface area (Å²) in [5.41, 5.74) is -0.547. The molecule has 3 fully saturated rings. The summed E-state index contributed by atoms with van der Waals surface area (Å²) in [4.78, 5) is 38.0. The molecule has 1 saturated carbocycles. The van der Waals surface area contributed by atoms with Crippen molar-refractivity contribution in [3.05, 3.63) is 17.8 Å². The molecule has 1 aliphatic carbocycles. The summed E-state index contributed by atoms with van der Waals surface area (Å²) in [6.45, 7) is 19.7. The first-order valence-electron chi connectivity index (χ1n) is 21.3. The van der Waals surface area contributed by atoms with E-state index in [1.165, 1.54) is 27.7 Å². The van der Waals surface area contributed by atoms with Crippen LogP contribution in [0.15, 0.2) is 6.20 Å². The van der Waals surface area contributed by atoms with E-state index in [-0.39, 0.29) is 69.3 Å². The molecule has 0 spiro atoms. The van der Waals surface area contributed by atoms with E-state index in [2.05, 4.69) is 50.1 Å². The molecule has 1 amide bonds. The Kier molecular flexibility index (Phi) is 15.1. The topological polar surface area (TPSA) is 225 Å². The molecule has 3 aliphatic rings. The Morgan fingerprint density at radius 1 is 1.10 bits per heavy atom. The molecule has 1 unspecified atom stereocenters. The molecular formula is C39H64N9O12PSi. The summed E-state index contributed by atoms with van der Waals surface area (Å²) in [6.07, 6.45) is 0.857. The number of ether oxygens (including phenoxy) is 7. The molecule has 5 heterocycles. The predicted octanol–water partition coefficient (Wildman–Crippen LogP) is 5.91. The molecule has 62 heavy (non-hydrogen) atoms. The van der Waals surface area contributed by atoms with Crippen LogP contribution in [0.25, 0.3) is 11.0 Å². The average molecular weight is 910 g/mol. The summed E-state index contributed by atoms with van der Waals surface area (Å²) in [5, 5.41) is 16.3. The maximum Gasteiger partial charge on any atom is 0.416 e. The van der Waals surface area contributed by atoms with Gasteiger partial charge in [0.25, 0.3) is 0 Å².